The molecule has 122 valence electrons. The second kappa shape index (κ2) is 8.79. The monoisotopic (exact) mass is 342 g/mol. The summed E-state index contributed by atoms with van der Waals surface area (Å²) in [5.74, 6) is 0.918. The SMILES string of the molecule is N#CCc1ccc(OCC(O)COc2cccc(Cl)c2C#N)cc1. The van der Waals surface area contributed by atoms with Gasteiger partial charge in [0.25, 0.3) is 0 Å². The molecular weight excluding hydrogens is 328 g/mol. The summed E-state index contributed by atoms with van der Waals surface area (Å²) in [7, 11) is 0. The molecule has 0 fully saturated rings. The van der Waals surface area contributed by atoms with E-state index in [0.29, 0.717) is 22.9 Å². The van der Waals surface area contributed by atoms with Crippen LogP contribution in [0.4, 0.5) is 0 Å². The van der Waals surface area contributed by atoms with E-state index in [4.69, 9.17) is 31.6 Å². The molecule has 2 aromatic rings. The number of nitriles is 2. The molecule has 1 unspecified atom stereocenters. The van der Waals surface area contributed by atoms with Crippen LogP contribution in [0.2, 0.25) is 5.02 Å². The maximum Gasteiger partial charge on any atom is 0.138 e. The van der Waals surface area contributed by atoms with E-state index in [2.05, 4.69) is 6.07 Å². The molecule has 0 amide bonds. The van der Waals surface area contributed by atoms with Crippen LogP contribution in [-0.4, -0.2) is 24.4 Å². The van der Waals surface area contributed by atoms with Crippen LogP contribution in [0.15, 0.2) is 42.5 Å². The summed E-state index contributed by atoms with van der Waals surface area (Å²) in [6, 6.07) is 16.0. The summed E-state index contributed by atoms with van der Waals surface area (Å²) in [5.41, 5.74) is 1.14. The lowest BCUT2D eigenvalue weighted by atomic mass is 10.2. The van der Waals surface area contributed by atoms with Crippen molar-refractivity contribution in [2.75, 3.05) is 13.2 Å². The van der Waals surface area contributed by atoms with Crippen LogP contribution in [0, 0.1) is 22.7 Å². The molecule has 0 aliphatic rings. The molecule has 0 spiro atoms. The molecule has 2 rings (SSSR count). The molecular formula is C18H15ClN2O3. The Morgan fingerprint density at radius 2 is 1.75 bits per heavy atom. The first-order valence-corrected chi connectivity index (χ1v) is 7.60. The highest BCUT2D eigenvalue weighted by Crippen LogP contribution is 2.25. The molecule has 0 aliphatic heterocycles. The number of nitrogens with zero attached hydrogens (tertiary/aromatic N) is 2. The first-order chi connectivity index (χ1) is 11.6. The van der Waals surface area contributed by atoms with Gasteiger partial charge < -0.3 is 14.6 Å². The number of rotatable bonds is 7. The van der Waals surface area contributed by atoms with Gasteiger partial charge in [-0.2, -0.15) is 10.5 Å². The minimum Gasteiger partial charge on any atom is -0.491 e. The van der Waals surface area contributed by atoms with Crippen molar-refractivity contribution in [3.05, 3.63) is 58.6 Å². The van der Waals surface area contributed by atoms with Crippen LogP contribution >= 0.6 is 11.6 Å². The molecule has 1 N–H and O–H groups in total. The van der Waals surface area contributed by atoms with Crippen molar-refractivity contribution in [3.8, 4) is 23.6 Å². The number of benzene rings is 2. The van der Waals surface area contributed by atoms with Crippen molar-refractivity contribution in [2.24, 2.45) is 0 Å². The summed E-state index contributed by atoms with van der Waals surface area (Å²) < 4.78 is 10.9. The highest BCUT2D eigenvalue weighted by Gasteiger charge is 2.11. The van der Waals surface area contributed by atoms with Gasteiger partial charge in [0.05, 0.1) is 17.5 Å². The van der Waals surface area contributed by atoms with Gasteiger partial charge in [0.15, 0.2) is 0 Å². The van der Waals surface area contributed by atoms with Crippen LogP contribution in [0.3, 0.4) is 0 Å². The topological polar surface area (TPSA) is 86.3 Å². The van der Waals surface area contributed by atoms with Crippen LogP contribution in [-0.2, 0) is 6.42 Å². The van der Waals surface area contributed by atoms with Gasteiger partial charge in [-0.25, -0.2) is 0 Å². The molecule has 0 heterocycles. The lowest BCUT2D eigenvalue weighted by Crippen LogP contribution is -2.25. The van der Waals surface area contributed by atoms with Gasteiger partial charge in [-0.1, -0.05) is 29.8 Å². The molecule has 0 aliphatic carbocycles. The summed E-state index contributed by atoms with van der Waals surface area (Å²) in [6.07, 6.45) is -0.522. The standard InChI is InChI=1S/C18H15ClN2O3/c19-17-2-1-3-18(16(17)10-21)24-12-14(22)11-23-15-6-4-13(5-7-15)8-9-20/h1-7,14,22H,8,11-12H2. The number of aliphatic hydroxyl groups is 1. The van der Waals surface area contributed by atoms with Crippen LogP contribution in [0.1, 0.15) is 11.1 Å². The molecule has 0 bridgehead atoms. The average Bonchev–Trinajstić information content (AvgIpc) is 2.59. The quantitative estimate of drug-likeness (QED) is 0.835. The first kappa shape index (κ1) is 17.6. The smallest absolute Gasteiger partial charge is 0.138 e. The fourth-order valence-electron chi connectivity index (χ4n) is 1.95. The zero-order chi connectivity index (χ0) is 17.4. The Morgan fingerprint density at radius 3 is 2.42 bits per heavy atom. The number of ether oxygens (including phenoxy) is 2. The predicted molar refractivity (Wildman–Crippen MR) is 88.9 cm³/mol. The van der Waals surface area contributed by atoms with Gasteiger partial charge >= 0.3 is 0 Å². The van der Waals surface area contributed by atoms with Crippen molar-refractivity contribution in [1.29, 1.82) is 10.5 Å². The Labute approximate surface area is 145 Å². The first-order valence-electron chi connectivity index (χ1n) is 7.22. The van der Waals surface area contributed by atoms with E-state index in [0.717, 1.165) is 5.56 Å². The van der Waals surface area contributed by atoms with E-state index in [1.807, 2.05) is 6.07 Å². The summed E-state index contributed by atoms with van der Waals surface area (Å²) >= 11 is 5.91. The Balaban J connectivity index is 1.84. The van der Waals surface area contributed by atoms with Gasteiger partial charge in [0.2, 0.25) is 0 Å². The van der Waals surface area contributed by atoms with Crippen molar-refractivity contribution >= 4 is 11.6 Å². The molecule has 24 heavy (non-hydrogen) atoms. The highest BCUT2D eigenvalue weighted by molar-refractivity contribution is 6.31. The maximum absolute atomic E-state index is 9.93. The summed E-state index contributed by atoms with van der Waals surface area (Å²) in [6.45, 7) is 0.0155. The number of aliphatic hydroxyl groups excluding tert-OH is 1. The Morgan fingerprint density at radius 1 is 1.04 bits per heavy atom. The number of hydrogen-bond donors (Lipinski definition) is 1. The molecule has 2 aromatic carbocycles. The van der Waals surface area contributed by atoms with Crippen molar-refractivity contribution in [1.82, 2.24) is 0 Å². The van der Waals surface area contributed by atoms with Gasteiger partial charge in [0.1, 0.15) is 42.4 Å². The Bertz CT molecular complexity index is 763. The van der Waals surface area contributed by atoms with Crippen LogP contribution < -0.4 is 9.47 Å². The minimum absolute atomic E-state index is 0.0263. The third kappa shape index (κ3) is 4.89. The maximum atomic E-state index is 9.93. The second-order valence-corrected chi connectivity index (χ2v) is 5.39. The van der Waals surface area contributed by atoms with E-state index in [1.54, 1.807) is 42.5 Å². The van der Waals surface area contributed by atoms with Gasteiger partial charge in [-0.15, -0.1) is 0 Å². The van der Waals surface area contributed by atoms with E-state index < -0.39 is 6.10 Å². The molecule has 1 atom stereocenters. The molecule has 0 radical (unpaired) electrons. The molecule has 0 saturated carbocycles. The predicted octanol–water partition coefficient (Wildman–Crippen LogP) is 3.10. The zero-order valence-corrected chi connectivity index (χ0v) is 13.5. The van der Waals surface area contributed by atoms with Crippen molar-refractivity contribution in [3.63, 3.8) is 0 Å². The van der Waals surface area contributed by atoms with Crippen molar-refractivity contribution < 1.29 is 14.6 Å². The third-order valence-corrected chi connectivity index (χ3v) is 3.48. The fraction of sp³-hybridized carbons (Fsp3) is 0.222. The van der Waals surface area contributed by atoms with Gasteiger partial charge in [-0.05, 0) is 29.8 Å². The number of hydrogen-bond acceptors (Lipinski definition) is 5. The van der Waals surface area contributed by atoms with Crippen molar-refractivity contribution in [2.45, 2.75) is 12.5 Å². The van der Waals surface area contributed by atoms with Gasteiger partial charge in [-0.3, -0.25) is 0 Å². The fourth-order valence-corrected chi connectivity index (χ4v) is 2.16. The lowest BCUT2D eigenvalue weighted by molar-refractivity contribution is 0.0625. The molecule has 0 saturated heterocycles. The molecule has 0 aromatic heterocycles. The number of halogens is 1. The normalized spacial score (nSPS) is 11.2. The van der Waals surface area contributed by atoms with E-state index in [1.165, 1.54) is 0 Å². The summed E-state index contributed by atoms with van der Waals surface area (Å²) in [4.78, 5) is 0. The van der Waals surface area contributed by atoms with E-state index >= 15 is 0 Å². The van der Waals surface area contributed by atoms with Crippen LogP contribution in [0.25, 0.3) is 0 Å². The Kier molecular flexibility index (Phi) is 6.45. The third-order valence-electron chi connectivity index (χ3n) is 3.17. The Hall–Kier alpha value is -2.73. The second-order valence-electron chi connectivity index (χ2n) is 4.98. The summed E-state index contributed by atoms with van der Waals surface area (Å²) in [5, 5.41) is 27.9. The highest BCUT2D eigenvalue weighted by atomic mass is 35.5. The zero-order valence-electron chi connectivity index (χ0n) is 12.8. The average molecular weight is 343 g/mol. The van der Waals surface area contributed by atoms with Crippen LogP contribution in [0.5, 0.6) is 11.5 Å². The molecule has 6 heteroatoms. The largest absolute Gasteiger partial charge is 0.491 e. The van der Waals surface area contributed by atoms with E-state index in [-0.39, 0.29) is 18.8 Å². The lowest BCUT2D eigenvalue weighted by Gasteiger charge is -2.14. The van der Waals surface area contributed by atoms with E-state index in [9.17, 15) is 5.11 Å². The molecule has 5 nitrogen and oxygen atoms in total. The minimum atomic E-state index is -0.866. The van der Waals surface area contributed by atoms with Gasteiger partial charge in [0, 0.05) is 0 Å².